The van der Waals surface area contributed by atoms with Crippen molar-refractivity contribution < 1.29 is 13.2 Å². The summed E-state index contributed by atoms with van der Waals surface area (Å²) in [5.41, 5.74) is 6.45. The third-order valence-corrected chi connectivity index (χ3v) is 5.22. The molecule has 3 aromatic rings. The second-order valence-electron chi connectivity index (χ2n) is 5.66. The first-order valence-electron chi connectivity index (χ1n) is 7.79. The van der Waals surface area contributed by atoms with Crippen LogP contribution in [0.2, 0.25) is 0 Å². The third-order valence-electron chi connectivity index (χ3n) is 3.87. The van der Waals surface area contributed by atoms with Gasteiger partial charge in [0.25, 0.3) is 15.9 Å². The molecule has 0 radical (unpaired) electrons. The van der Waals surface area contributed by atoms with Crippen molar-refractivity contribution in [2.45, 2.75) is 18.4 Å². The summed E-state index contributed by atoms with van der Waals surface area (Å²) in [4.78, 5) is 11.3. The quantitative estimate of drug-likeness (QED) is 0.671. The monoisotopic (exact) mass is 374 g/mol. The maximum absolute atomic E-state index is 12.6. The second kappa shape index (κ2) is 6.64. The number of nitrogens with zero attached hydrogens (tertiary/aromatic N) is 4. The Morgan fingerprint density at radius 1 is 1.31 bits per heavy atom. The molecule has 2 aromatic heterocycles. The number of hydrogen-bond acceptors (Lipinski definition) is 5. The normalized spacial score (nSPS) is 11.5. The number of benzene rings is 1. The molecule has 0 atom stereocenters. The Hall–Kier alpha value is -3.14. The van der Waals surface area contributed by atoms with Crippen LogP contribution in [0.15, 0.2) is 47.8 Å². The molecule has 0 fully saturated rings. The van der Waals surface area contributed by atoms with E-state index in [0.717, 1.165) is 5.56 Å². The Labute approximate surface area is 150 Å². The molecule has 0 aliphatic carbocycles. The first-order valence-corrected chi connectivity index (χ1v) is 9.27. The number of nitrogens with one attached hydrogen (secondary N) is 1. The molecule has 0 spiro atoms. The first kappa shape index (κ1) is 17.7. The Morgan fingerprint density at radius 2 is 2.08 bits per heavy atom. The number of amides is 1. The number of anilines is 1. The standard InChI is InChI=1S/C16H18N6O3S/c1-3-22-10-18-19-16(22)11-5-4-6-12(7-11)20-26(24,25)13-8-14(15(17)23)21(2)9-13/h4-10,20H,3H2,1-2H3,(H2,17,23). The molecule has 26 heavy (non-hydrogen) atoms. The Balaban J connectivity index is 1.92. The van der Waals surface area contributed by atoms with Crippen molar-refractivity contribution in [2.24, 2.45) is 12.8 Å². The molecule has 9 nitrogen and oxygen atoms in total. The highest BCUT2D eigenvalue weighted by Crippen LogP contribution is 2.23. The SMILES string of the molecule is CCn1cnnc1-c1cccc(NS(=O)(=O)c2cc(C(N)=O)n(C)c2)c1. The Bertz CT molecular complexity index is 1070. The molecule has 0 aliphatic heterocycles. The number of carbonyl (C=O) groups is 1. The van der Waals surface area contributed by atoms with Crippen molar-refractivity contribution in [3.8, 4) is 11.4 Å². The maximum atomic E-state index is 12.6. The molecule has 3 N–H and O–H groups in total. The van der Waals surface area contributed by atoms with E-state index < -0.39 is 15.9 Å². The van der Waals surface area contributed by atoms with Crippen LogP contribution in [0.4, 0.5) is 5.69 Å². The summed E-state index contributed by atoms with van der Waals surface area (Å²) in [5, 5.41) is 7.95. The van der Waals surface area contributed by atoms with E-state index in [9.17, 15) is 13.2 Å². The summed E-state index contributed by atoms with van der Waals surface area (Å²) in [6, 6.07) is 8.09. The number of aryl methyl sites for hydroxylation is 2. The van der Waals surface area contributed by atoms with Gasteiger partial charge in [0.15, 0.2) is 5.82 Å². The minimum atomic E-state index is -3.87. The molecular weight excluding hydrogens is 356 g/mol. The van der Waals surface area contributed by atoms with E-state index in [1.54, 1.807) is 31.6 Å². The highest BCUT2D eigenvalue weighted by molar-refractivity contribution is 7.92. The number of aromatic nitrogens is 4. The van der Waals surface area contributed by atoms with Crippen LogP contribution >= 0.6 is 0 Å². The van der Waals surface area contributed by atoms with Crippen molar-refractivity contribution in [3.63, 3.8) is 0 Å². The highest BCUT2D eigenvalue weighted by Gasteiger charge is 2.20. The van der Waals surface area contributed by atoms with Crippen molar-refractivity contribution in [3.05, 3.63) is 48.5 Å². The van der Waals surface area contributed by atoms with Gasteiger partial charge in [-0.15, -0.1) is 10.2 Å². The lowest BCUT2D eigenvalue weighted by atomic mass is 10.2. The van der Waals surface area contributed by atoms with Gasteiger partial charge in [0.2, 0.25) is 0 Å². The molecular formula is C16H18N6O3S. The molecule has 1 amide bonds. The molecule has 10 heteroatoms. The minimum Gasteiger partial charge on any atom is -0.364 e. The van der Waals surface area contributed by atoms with E-state index in [0.29, 0.717) is 18.1 Å². The van der Waals surface area contributed by atoms with Gasteiger partial charge in [-0.2, -0.15) is 0 Å². The predicted octanol–water partition coefficient (Wildman–Crippen LogP) is 1.20. The van der Waals surface area contributed by atoms with Gasteiger partial charge >= 0.3 is 0 Å². The van der Waals surface area contributed by atoms with Crippen molar-refractivity contribution in [2.75, 3.05) is 4.72 Å². The van der Waals surface area contributed by atoms with Gasteiger partial charge in [0.1, 0.15) is 16.9 Å². The van der Waals surface area contributed by atoms with Gasteiger partial charge in [-0.25, -0.2) is 8.42 Å². The number of sulfonamides is 1. The number of rotatable bonds is 6. The Kier molecular flexibility index (Phi) is 4.51. The predicted molar refractivity (Wildman–Crippen MR) is 95.9 cm³/mol. The molecule has 136 valence electrons. The lowest BCUT2D eigenvalue weighted by Gasteiger charge is -2.09. The second-order valence-corrected chi connectivity index (χ2v) is 7.35. The summed E-state index contributed by atoms with van der Waals surface area (Å²) in [5.74, 6) is -0.0564. The zero-order valence-corrected chi connectivity index (χ0v) is 15.1. The Morgan fingerprint density at radius 3 is 2.73 bits per heavy atom. The van der Waals surface area contributed by atoms with Crippen LogP contribution < -0.4 is 10.5 Å². The fourth-order valence-electron chi connectivity index (χ4n) is 2.57. The number of nitrogens with two attached hydrogens (primary N) is 1. The molecule has 3 rings (SSSR count). The van der Waals surface area contributed by atoms with Gasteiger partial charge in [-0.3, -0.25) is 9.52 Å². The molecule has 1 aromatic carbocycles. The average Bonchev–Trinajstić information content (AvgIpc) is 3.21. The van der Waals surface area contributed by atoms with Gasteiger partial charge in [0.05, 0.1) is 0 Å². The van der Waals surface area contributed by atoms with E-state index in [1.165, 1.54) is 16.8 Å². The maximum Gasteiger partial charge on any atom is 0.265 e. The van der Waals surface area contributed by atoms with Gasteiger partial charge in [0, 0.05) is 31.0 Å². The first-order chi connectivity index (χ1) is 12.3. The fourth-order valence-corrected chi connectivity index (χ4v) is 3.69. The van der Waals surface area contributed by atoms with Crippen LogP contribution in [0.1, 0.15) is 17.4 Å². The molecule has 0 bridgehead atoms. The number of hydrogen-bond donors (Lipinski definition) is 2. The lowest BCUT2D eigenvalue weighted by molar-refractivity contribution is 0.0992. The average molecular weight is 374 g/mol. The zero-order valence-electron chi connectivity index (χ0n) is 14.2. The fraction of sp³-hybridized carbons (Fsp3) is 0.188. The largest absolute Gasteiger partial charge is 0.364 e. The highest BCUT2D eigenvalue weighted by atomic mass is 32.2. The van der Waals surface area contributed by atoms with Crippen molar-refractivity contribution >= 4 is 21.6 Å². The molecule has 2 heterocycles. The summed E-state index contributed by atoms with van der Waals surface area (Å²) in [7, 11) is -2.32. The molecule has 0 unspecified atom stereocenters. The van der Waals surface area contributed by atoms with Crippen molar-refractivity contribution in [1.29, 1.82) is 0 Å². The summed E-state index contributed by atoms with van der Waals surface area (Å²) in [6.07, 6.45) is 2.95. The molecule has 0 aliphatic rings. The van der Waals surface area contributed by atoms with Gasteiger partial charge in [-0.05, 0) is 25.1 Å². The van der Waals surface area contributed by atoms with Gasteiger partial charge < -0.3 is 14.9 Å². The molecule has 0 saturated carbocycles. The van der Waals surface area contributed by atoms with Crippen LogP contribution in [0.25, 0.3) is 11.4 Å². The van der Waals surface area contributed by atoms with Crippen molar-refractivity contribution in [1.82, 2.24) is 19.3 Å². The van der Waals surface area contributed by atoms with E-state index >= 15 is 0 Å². The number of carbonyl (C=O) groups excluding carboxylic acids is 1. The van der Waals surface area contributed by atoms with Crippen LogP contribution in [-0.4, -0.2) is 33.7 Å². The van der Waals surface area contributed by atoms with Crippen LogP contribution in [0.5, 0.6) is 0 Å². The summed E-state index contributed by atoms with van der Waals surface area (Å²) >= 11 is 0. The van der Waals surface area contributed by atoms with E-state index in [-0.39, 0.29) is 10.6 Å². The van der Waals surface area contributed by atoms with Gasteiger partial charge in [-0.1, -0.05) is 12.1 Å². The minimum absolute atomic E-state index is 0.0454. The van der Waals surface area contributed by atoms with E-state index in [1.807, 2.05) is 17.6 Å². The van der Waals surface area contributed by atoms with Crippen LogP contribution in [0, 0.1) is 0 Å². The lowest BCUT2D eigenvalue weighted by Crippen LogP contribution is -2.14. The van der Waals surface area contributed by atoms with E-state index in [2.05, 4.69) is 14.9 Å². The third kappa shape index (κ3) is 3.31. The van der Waals surface area contributed by atoms with Crippen LogP contribution in [0.3, 0.4) is 0 Å². The summed E-state index contributed by atoms with van der Waals surface area (Å²) < 4.78 is 30.9. The number of primary amides is 1. The van der Waals surface area contributed by atoms with E-state index in [4.69, 9.17) is 5.73 Å². The van der Waals surface area contributed by atoms with Crippen LogP contribution in [-0.2, 0) is 23.6 Å². The zero-order chi connectivity index (χ0) is 18.9. The smallest absolute Gasteiger partial charge is 0.265 e. The summed E-state index contributed by atoms with van der Waals surface area (Å²) in [6.45, 7) is 2.66. The topological polar surface area (TPSA) is 125 Å². The molecule has 0 saturated heterocycles.